The molecule has 2 heterocycles. The van der Waals surface area contributed by atoms with Crippen LogP contribution in [0.4, 0.5) is 0 Å². The van der Waals surface area contributed by atoms with Crippen molar-refractivity contribution in [2.75, 3.05) is 0 Å². The van der Waals surface area contributed by atoms with Crippen molar-refractivity contribution in [1.82, 2.24) is 19.7 Å². The second-order valence-electron chi connectivity index (χ2n) is 3.74. The van der Waals surface area contributed by atoms with Crippen molar-refractivity contribution >= 4 is 16.8 Å². The Balaban J connectivity index is 2.43. The van der Waals surface area contributed by atoms with Gasteiger partial charge in [0.2, 0.25) is 0 Å². The summed E-state index contributed by atoms with van der Waals surface area (Å²) in [7, 11) is 0. The van der Waals surface area contributed by atoms with Crippen molar-refractivity contribution in [3.05, 3.63) is 48.7 Å². The molecule has 6 nitrogen and oxygen atoms in total. The first-order valence-electron chi connectivity index (χ1n) is 5.30. The van der Waals surface area contributed by atoms with E-state index in [-0.39, 0.29) is 0 Å². The van der Waals surface area contributed by atoms with Gasteiger partial charge >= 0.3 is 0 Å². The van der Waals surface area contributed by atoms with Crippen molar-refractivity contribution < 1.29 is 4.79 Å². The number of pyridine rings is 1. The molecule has 0 saturated heterocycles. The molecule has 2 aromatic heterocycles. The lowest BCUT2D eigenvalue weighted by atomic mass is 10.1. The molecule has 0 aliphatic carbocycles. The van der Waals surface area contributed by atoms with Gasteiger partial charge in [0.1, 0.15) is 12.7 Å². The van der Waals surface area contributed by atoms with E-state index in [4.69, 9.17) is 5.73 Å². The van der Waals surface area contributed by atoms with Crippen LogP contribution >= 0.6 is 0 Å². The lowest BCUT2D eigenvalue weighted by molar-refractivity contribution is 0.1000. The monoisotopic (exact) mass is 239 g/mol. The number of para-hydroxylation sites is 1. The van der Waals surface area contributed by atoms with Gasteiger partial charge in [0.15, 0.2) is 0 Å². The highest BCUT2D eigenvalue weighted by Gasteiger charge is 2.14. The number of carbonyl (C=O) groups is 1. The van der Waals surface area contributed by atoms with E-state index in [1.807, 2.05) is 24.3 Å². The highest BCUT2D eigenvalue weighted by molar-refractivity contribution is 6.03. The van der Waals surface area contributed by atoms with Gasteiger partial charge in [-0.2, -0.15) is 5.10 Å². The Bertz CT molecular complexity index is 720. The SMILES string of the molecule is NC(=O)c1cnc2ccccc2c1-n1cncn1. The molecule has 0 radical (unpaired) electrons. The largest absolute Gasteiger partial charge is 0.365 e. The minimum atomic E-state index is -0.543. The molecule has 1 amide bonds. The topological polar surface area (TPSA) is 86.7 Å². The highest BCUT2D eigenvalue weighted by atomic mass is 16.1. The van der Waals surface area contributed by atoms with Crippen molar-refractivity contribution in [3.8, 4) is 5.69 Å². The molecule has 3 aromatic rings. The Morgan fingerprint density at radius 3 is 2.83 bits per heavy atom. The van der Waals surface area contributed by atoms with E-state index >= 15 is 0 Å². The van der Waals surface area contributed by atoms with Crippen molar-refractivity contribution in [2.24, 2.45) is 5.73 Å². The fraction of sp³-hybridized carbons (Fsp3) is 0. The molecule has 1 aromatic carbocycles. The second kappa shape index (κ2) is 3.92. The zero-order valence-electron chi connectivity index (χ0n) is 9.32. The number of hydrogen-bond acceptors (Lipinski definition) is 4. The van der Waals surface area contributed by atoms with Gasteiger partial charge in [0.05, 0.1) is 16.8 Å². The number of primary amides is 1. The summed E-state index contributed by atoms with van der Waals surface area (Å²) in [5.41, 5.74) is 7.06. The lowest BCUT2D eigenvalue weighted by Gasteiger charge is -2.09. The van der Waals surface area contributed by atoms with Crippen LogP contribution in [-0.2, 0) is 0 Å². The summed E-state index contributed by atoms with van der Waals surface area (Å²) in [5, 5.41) is 4.85. The van der Waals surface area contributed by atoms with Crippen LogP contribution in [0.3, 0.4) is 0 Å². The Hall–Kier alpha value is -2.76. The van der Waals surface area contributed by atoms with E-state index in [1.54, 1.807) is 0 Å². The fourth-order valence-electron chi connectivity index (χ4n) is 1.88. The van der Waals surface area contributed by atoms with E-state index in [2.05, 4.69) is 15.1 Å². The van der Waals surface area contributed by atoms with Gasteiger partial charge in [-0.3, -0.25) is 9.78 Å². The first-order chi connectivity index (χ1) is 8.77. The van der Waals surface area contributed by atoms with Gasteiger partial charge in [-0.1, -0.05) is 18.2 Å². The van der Waals surface area contributed by atoms with E-state index in [1.165, 1.54) is 23.5 Å². The molecule has 0 aliphatic rings. The van der Waals surface area contributed by atoms with Gasteiger partial charge < -0.3 is 5.73 Å². The first kappa shape index (κ1) is 10.4. The number of fused-ring (bicyclic) bond motifs is 1. The van der Waals surface area contributed by atoms with E-state index in [0.29, 0.717) is 11.3 Å². The number of hydrogen-bond donors (Lipinski definition) is 1. The minimum absolute atomic E-state index is 0.319. The van der Waals surface area contributed by atoms with E-state index in [0.717, 1.165) is 10.9 Å². The molecular weight excluding hydrogens is 230 g/mol. The Kier molecular flexibility index (Phi) is 2.26. The normalized spacial score (nSPS) is 10.7. The van der Waals surface area contributed by atoms with Crippen LogP contribution < -0.4 is 5.73 Å². The number of nitrogens with zero attached hydrogens (tertiary/aromatic N) is 4. The Morgan fingerprint density at radius 1 is 1.28 bits per heavy atom. The molecule has 3 rings (SSSR count). The quantitative estimate of drug-likeness (QED) is 0.720. The molecule has 18 heavy (non-hydrogen) atoms. The highest BCUT2D eigenvalue weighted by Crippen LogP contribution is 2.23. The number of amides is 1. The summed E-state index contributed by atoms with van der Waals surface area (Å²) in [6.07, 6.45) is 4.38. The maximum Gasteiger partial charge on any atom is 0.252 e. The molecule has 88 valence electrons. The molecule has 0 spiro atoms. The summed E-state index contributed by atoms with van der Waals surface area (Å²) < 4.78 is 1.52. The van der Waals surface area contributed by atoms with Gasteiger partial charge in [0, 0.05) is 11.6 Å². The summed E-state index contributed by atoms with van der Waals surface area (Å²) >= 11 is 0. The van der Waals surface area contributed by atoms with Crippen LogP contribution in [0.15, 0.2) is 43.1 Å². The maximum absolute atomic E-state index is 11.5. The van der Waals surface area contributed by atoms with Gasteiger partial charge in [-0.15, -0.1) is 0 Å². The van der Waals surface area contributed by atoms with Crippen molar-refractivity contribution in [2.45, 2.75) is 0 Å². The van der Waals surface area contributed by atoms with Crippen LogP contribution in [0.25, 0.3) is 16.6 Å². The summed E-state index contributed by atoms with van der Waals surface area (Å²) in [6, 6.07) is 7.48. The van der Waals surface area contributed by atoms with Gasteiger partial charge in [-0.05, 0) is 6.07 Å². The van der Waals surface area contributed by atoms with Gasteiger partial charge in [0.25, 0.3) is 5.91 Å². The molecule has 0 unspecified atom stereocenters. The van der Waals surface area contributed by atoms with Crippen LogP contribution in [0, 0.1) is 0 Å². The summed E-state index contributed by atoms with van der Waals surface area (Å²) in [4.78, 5) is 19.6. The smallest absolute Gasteiger partial charge is 0.252 e. The van der Waals surface area contributed by atoms with Crippen LogP contribution in [0.5, 0.6) is 0 Å². The number of nitrogens with two attached hydrogens (primary N) is 1. The second-order valence-corrected chi connectivity index (χ2v) is 3.74. The lowest BCUT2D eigenvalue weighted by Crippen LogP contribution is -2.15. The molecule has 0 fully saturated rings. The standard InChI is InChI=1S/C12H9N5O/c13-12(18)9-5-15-10-4-2-1-3-8(10)11(9)17-7-14-6-16-17/h1-7H,(H2,13,18). The van der Waals surface area contributed by atoms with Crippen molar-refractivity contribution in [3.63, 3.8) is 0 Å². The molecule has 0 atom stereocenters. The molecule has 0 saturated carbocycles. The zero-order valence-corrected chi connectivity index (χ0v) is 9.32. The first-order valence-corrected chi connectivity index (χ1v) is 5.30. The molecule has 0 bridgehead atoms. The summed E-state index contributed by atoms with van der Waals surface area (Å²) in [5.74, 6) is -0.543. The predicted molar refractivity (Wildman–Crippen MR) is 65.2 cm³/mol. The molecule has 6 heteroatoms. The number of aromatic nitrogens is 4. The molecule has 2 N–H and O–H groups in total. The third-order valence-corrected chi connectivity index (χ3v) is 2.66. The zero-order chi connectivity index (χ0) is 12.5. The molecule has 0 aliphatic heterocycles. The summed E-state index contributed by atoms with van der Waals surface area (Å²) in [6.45, 7) is 0. The fourth-order valence-corrected chi connectivity index (χ4v) is 1.88. The average Bonchev–Trinajstić information content (AvgIpc) is 2.90. The predicted octanol–water partition coefficient (Wildman–Crippen LogP) is 0.914. The third kappa shape index (κ3) is 1.51. The molecular formula is C12H9N5O. The van der Waals surface area contributed by atoms with Crippen molar-refractivity contribution in [1.29, 1.82) is 0 Å². The maximum atomic E-state index is 11.5. The van der Waals surface area contributed by atoms with Crippen LogP contribution in [-0.4, -0.2) is 25.7 Å². The minimum Gasteiger partial charge on any atom is -0.365 e. The number of carbonyl (C=O) groups excluding carboxylic acids is 1. The van der Waals surface area contributed by atoms with Gasteiger partial charge in [-0.25, -0.2) is 9.67 Å². The van der Waals surface area contributed by atoms with Crippen LogP contribution in [0.1, 0.15) is 10.4 Å². The average molecular weight is 239 g/mol. The van der Waals surface area contributed by atoms with Crippen LogP contribution in [0.2, 0.25) is 0 Å². The number of benzene rings is 1. The third-order valence-electron chi connectivity index (χ3n) is 2.66. The Morgan fingerprint density at radius 2 is 2.11 bits per heavy atom. The number of rotatable bonds is 2. The van der Waals surface area contributed by atoms with E-state index in [9.17, 15) is 4.79 Å². The van der Waals surface area contributed by atoms with E-state index < -0.39 is 5.91 Å². The Labute approximate surface area is 102 Å².